The number of aromatic nitrogens is 2. The van der Waals surface area contributed by atoms with Gasteiger partial charge in [0.25, 0.3) is 0 Å². The van der Waals surface area contributed by atoms with Crippen molar-refractivity contribution in [3.8, 4) is 6.01 Å². The van der Waals surface area contributed by atoms with Crippen molar-refractivity contribution in [2.45, 2.75) is 64.7 Å². The summed E-state index contributed by atoms with van der Waals surface area (Å²) in [6, 6.07) is 10.1. The first-order valence-corrected chi connectivity index (χ1v) is 9.95. The number of rotatable bonds is 11. The third-order valence-electron chi connectivity index (χ3n) is 4.54. The highest BCUT2D eigenvalue weighted by Gasteiger charge is 2.06. The lowest BCUT2D eigenvalue weighted by Gasteiger charge is -2.06. The molecule has 27 heavy (non-hydrogen) atoms. The molecular weight excluding hydrogens is 336 g/mol. The summed E-state index contributed by atoms with van der Waals surface area (Å²) in [5.41, 5.74) is 2.23. The van der Waals surface area contributed by atoms with Crippen LogP contribution in [0.25, 0.3) is 0 Å². The lowest BCUT2D eigenvalue weighted by Crippen LogP contribution is -2.07. The third-order valence-corrected chi connectivity index (χ3v) is 4.54. The monoisotopic (exact) mass is 366 g/mol. The molecule has 2 aromatic rings. The summed E-state index contributed by atoms with van der Waals surface area (Å²) in [5, 5.41) is 0. The van der Waals surface area contributed by atoms with Crippen LogP contribution in [0, 0.1) is 0 Å². The van der Waals surface area contributed by atoms with Crippen LogP contribution in [-0.2, 0) is 11.2 Å². The molecule has 4 nitrogen and oxygen atoms in total. The van der Waals surface area contributed by atoms with E-state index in [1.807, 2.05) is 43.3 Å². The molecule has 2 rings (SSSR count). The largest absolute Gasteiger partial charge is 0.388 e. The molecule has 0 spiro atoms. The summed E-state index contributed by atoms with van der Waals surface area (Å²) in [6.45, 7) is 4.26. The first-order valence-electron chi connectivity index (χ1n) is 9.95. The molecule has 1 aromatic carbocycles. The second-order valence-electron chi connectivity index (χ2n) is 6.87. The maximum absolute atomic E-state index is 11.9. The Labute approximate surface area is 162 Å². The molecule has 0 amide bonds. The number of aryl methyl sites for hydroxylation is 1. The number of benzene rings is 1. The average Bonchev–Trinajstić information content (AvgIpc) is 2.70. The highest BCUT2D eigenvalue weighted by Crippen LogP contribution is 2.16. The van der Waals surface area contributed by atoms with E-state index in [4.69, 9.17) is 4.74 Å². The van der Waals surface area contributed by atoms with Crippen molar-refractivity contribution in [1.29, 1.82) is 0 Å². The topological polar surface area (TPSA) is 52.1 Å². The zero-order valence-electron chi connectivity index (χ0n) is 16.4. The zero-order chi connectivity index (χ0) is 19.3. The number of hydrogen-bond acceptors (Lipinski definition) is 4. The van der Waals surface area contributed by atoms with Gasteiger partial charge in [0.15, 0.2) is 0 Å². The summed E-state index contributed by atoms with van der Waals surface area (Å²) in [4.78, 5) is 20.2. The van der Waals surface area contributed by atoms with Crippen molar-refractivity contribution in [2.75, 3.05) is 0 Å². The van der Waals surface area contributed by atoms with Crippen LogP contribution in [0.5, 0.6) is 6.01 Å². The molecule has 1 heterocycles. The van der Waals surface area contributed by atoms with Gasteiger partial charge in [-0.15, -0.1) is 0 Å². The predicted octanol–water partition coefficient (Wildman–Crippen LogP) is 5.64. The SMILES string of the molecule is CCCCCCCCc1cnc(OC(=O)C=CC(C)c2ccccc2)nc1. The molecule has 0 radical (unpaired) electrons. The minimum absolute atomic E-state index is 0.101. The summed E-state index contributed by atoms with van der Waals surface area (Å²) >= 11 is 0. The summed E-state index contributed by atoms with van der Waals surface area (Å²) < 4.78 is 5.18. The van der Waals surface area contributed by atoms with Crippen LogP contribution in [0.4, 0.5) is 0 Å². The first kappa shape index (κ1) is 20.8. The molecular formula is C23H30N2O2. The minimum atomic E-state index is -0.457. The molecule has 0 N–H and O–H groups in total. The van der Waals surface area contributed by atoms with Crippen molar-refractivity contribution in [2.24, 2.45) is 0 Å². The van der Waals surface area contributed by atoms with Crippen LogP contribution < -0.4 is 4.74 Å². The molecule has 0 saturated carbocycles. The van der Waals surface area contributed by atoms with E-state index in [0.717, 1.165) is 24.0 Å². The van der Waals surface area contributed by atoms with E-state index in [1.54, 1.807) is 12.4 Å². The fourth-order valence-corrected chi connectivity index (χ4v) is 2.85. The minimum Gasteiger partial charge on any atom is -0.388 e. The Morgan fingerprint density at radius 3 is 2.41 bits per heavy atom. The molecule has 1 atom stereocenters. The number of hydrogen-bond donors (Lipinski definition) is 0. The van der Waals surface area contributed by atoms with Crippen molar-refractivity contribution < 1.29 is 9.53 Å². The molecule has 144 valence electrons. The highest BCUT2D eigenvalue weighted by molar-refractivity contribution is 5.83. The number of nitrogens with zero attached hydrogens (tertiary/aromatic N) is 2. The van der Waals surface area contributed by atoms with Crippen molar-refractivity contribution in [3.05, 3.63) is 66.0 Å². The normalized spacial score (nSPS) is 12.2. The van der Waals surface area contributed by atoms with Gasteiger partial charge in [-0.2, -0.15) is 0 Å². The molecule has 0 aliphatic rings. The number of carbonyl (C=O) groups excluding carboxylic acids is 1. The molecule has 0 aliphatic heterocycles. The first-order chi connectivity index (χ1) is 13.2. The standard InChI is InChI=1S/C23H30N2O2/c1-3-4-5-6-7-9-12-20-17-24-23(25-18-20)27-22(26)16-15-19(2)21-13-10-8-11-14-21/h8,10-11,13-19H,3-7,9,12H2,1-2H3. The van der Waals surface area contributed by atoms with E-state index in [1.165, 1.54) is 38.2 Å². The molecule has 0 aliphatic carbocycles. The lowest BCUT2D eigenvalue weighted by atomic mass is 10.0. The van der Waals surface area contributed by atoms with Gasteiger partial charge in [0.05, 0.1) is 0 Å². The van der Waals surface area contributed by atoms with E-state index in [9.17, 15) is 4.79 Å². The van der Waals surface area contributed by atoms with E-state index >= 15 is 0 Å². The van der Waals surface area contributed by atoms with Gasteiger partial charge in [0.1, 0.15) is 0 Å². The molecule has 0 bridgehead atoms. The predicted molar refractivity (Wildman–Crippen MR) is 109 cm³/mol. The van der Waals surface area contributed by atoms with E-state index in [-0.39, 0.29) is 11.9 Å². The number of allylic oxidation sites excluding steroid dienone is 1. The summed E-state index contributed by atoms with van der Waals surface area (Å²) in [5.74, 6) is -0.319. The second-order valence-corrected chi connectivity index (χ2v) is 6.87. The number of esters is 1. The van der Waals surface area contributed by atoms with Gasteiger partial charge in [0.2, 0.25) is 0 Å². The van der Waals surface area contributed by atoms with Gasteiger partial charge in [-0.3, -0.25) is 0 Å². The zero-order valence-corrected chi connectivity index (χ0v) is 16.4. The fourth-order valence-electron chi connectivity index (χ4n) is 2.85. The fraction of sp³-hybridized carbons (Fsp3) is 0.435. The molecule has 4 heteroatoms. The Bertz CT molecular complexity index is 696. The van der Waals surface area contributed by atoms with Crippen LogP contribution in [-0.4, -0.2) is 15.9 Å². The summed E-state index contributed by atoms with van der Waals surface area (Å²) in [7, 11) is 0. The smallest absolute Gasteiger partial charge is 0.338 e. The van der Waals surface area contributed by atoms with Crippen LogP contribution in [0.1, 0.15) is 69.4 Å². The van der Waals surface area contributed by atoms with Gasteiger partial charge < -0.3 is 4.74 Å². The highest BCUT2D eigenvalue weighted by atomic mass is 16.5. The quantitative estimate of drug-likeness (QED) is 0.293. The maximum atomic E-state index is 11.9. The number of carbonyl (C=O) groups is 1. The van der Waals surface area contributed by atoms with Gasteiger partial charge in [0, 0.05) is 18.5 Å². The Kier molecular flexibility index (Phi) is 9.25. The molecule has 0 saturated heterocycles. The maximum Gasteiger partial charge on any atom is 0.338 e. The van der Waals surface area contributed by atoms with E-state index in [2.05, 4.69) is 16.9 Å². The molecule has 0 fully saturated rings. The molecule has 1 aromatic heterocycles. The van der Waals surface area contributed by atoms with Crippen LogP contribution in [0.2, 0.25) is 0 Å². The lowest BCUT2D eigenvalue weighted by molar-refractivity contribution is -0.129. The van der Waals surface area contributed by atoms with Crippen LogP contribution >= 0.6 is 0 Å². The van der Waals surface area contributed by atoms with Crippen molar-refractivity contribution in [3.63, 3.8) is 0 Å². The number of ether oxygens (including phenoxy) is 1. The van der Waals surface area contributed by atoms with Crippen molar-refractivity contribution in [1.82, 2.24) is 9.97 Å². The molecule has 1 unspecified atom stereocenters. The number of unbranched alkanes of at least 4 members (excludes halogenated alkanes) is 5. The van der Waals surface area contributed by atoms with Crippen LogP contribution in [0.15, 0.2) is 54.9 Å². The van der Waals surface area contributed by atoms with Gasteiger partial charge in [-0.25, -0.2) is 14.8 Å². The van der Waals surface area contributed by atoms with Gasteiger partial charge in [-0.05, 0) is 29.9 Å². The van der Waals surface area contributed by atoms with E-state index in [0.29, 0.717) is 0 Å². The van der Waals surface area contributed by atoms with Crippen LogP contribution in [0.3, 0.4) is 0 Å². The Balaban J connectivity index is 1.73. The summed E-state index contributed by atoms with van der Waals surface area (Å²) in [6.07, 6.45) is 15.3. The van der Waals surface area contributed by atoms with Gasteiger partial charge in [-0.1, -0.05) is 82.4 Å². The Morgan fingerprint density at radius 2 is 1.70 bits per heavy atom. The third kappa shape index (κ3) is 8.16. The average molecular weight is 367 g/mol. The van der Waals surface area contributed by atoms with Gasteiger partial charge >= 0.3 is 12.0 Å². The second kappa shape index (κ2) is 12.0. The van der Waals surface area contributed by atoms with E-state index < -0.39 is 5.97 Å². The Morgan fingerprint density at radius 1 is 1.04 bits per heavy atom. The van der Waals surface area contributed by atoms with Crippen molar-refractivity contribution >= 4 is 5.97 Å². The Hall–Kier alpha value is -2.49.